The highest BCUT2D eigenvalue weighted by atomic mass is 16.3. The Kier molecular flexibility index (Phi) is 9.13. The summed E-state index contributed by atoms with van der Waals surface area (Å²) in [5.41, 5.74) is 0. The minimum atomic E-state index is -0.0980. The lowest BCUT2D eigenvalue weighted by Gasteiger charge is -2.06. The molecule has 0 aromatic carbocycles. The van der Waals surface area contributed by atoms with E-state index in [1.54, 1.807) is 0 Å². The third kappa shape index (κ3) is 9.36. The summed E-state index contributed by atoms with van der Waals surface area (Å²) in [5.74, 6) is 0. The van der Waals surface area contributed by atoms with E-state index in [9.17, 15) is 5.11 Å². The first kappa shape index (κ1) is 12.4. The van der Waals surface area contributed by atoms with E-state index in [4.69, 9.17) is 5.26 Å². The van der Waals surface area contributed by atoms with Crippen LogP contribution >= 0.6 is 0 Å². The van der Waals surface area contributed by atoms with Gasteiger partial charge in [-0.05, 0) is 19.3 Å². The van der Waals surface area contributed by atoms with Crippen LogP contribution in [-0.4, -0.2) is 11.2 Å². The van der Waals surface area contributed by atoms with Gasteiger partial charge in [0, 0.05) is 6.42 Å². The second kappa shape index (κ2) is 9.54. The molecule has 0 aliphatic heterocycles. The Balaban J connectivity index is 2.96. The zero-order valence-corrected chi connectivity index (χ0v) is 8.63. The van der Waals surface area contributed by atoms with Crippen LogP contribution in [0.3, 0.4) is 0 Å². The third-order valence-electron chi connectivity index (χ3n) is 2.30. The van der Waals surface area contributed by atoms with Gasteiger partial charge in [0.15, 0.2) is 0 Å². The highest BCUT2D eigenvalue weighted by Crippen LogP contribution is 2.09. The summed E-state index contributed by atoms with van der Waals surface area (Å²) in [6.45, 7) is 2.01. The van der Waals surface area contributed by atoms with Crippen LogP contribution in [0.15, 0.2) is 0 Å². The van der Waals surface area contributed by atoms with E-state index >= 15 is 0 Å². The van der Waals surface area contributed by atoms with Crippen LogP contribution in [0.4, 0.5) is 0 Å². The van der Waals surface area contributed by atoms with Crippen LogP contribution in [-0.2, 0) is 0 Å². The number of hydrogen-bond acceptors (Lipinski definition) is 2. The molecule has 2 nitrogen and oxygen atoms in total. The van der Waals surface area contributed by atoms with Crippen molar-refractivity contribution in [1.29, 1.82) is 5.26 Å². The summed E-state index contributed by atoms with van der Waals surface area (Å²) in [4.78, 5) is 0. The van der Waals surface area contributed by atoms with Gasteiger partial charge in [0.2, 0.25) is 0 Å². The fourth-order valence-corrected chi connectivity index (χ4v) is 1.32. The minimum Gasteiger partial charge on any atom is -0.393 e. The molecule has 76 valence electrons. The predicted molar refractivity (Wildman–Crippen MR) is 54.2 cm³/mol. The molecule has 0 aliphatic carbocycles. The molecule has 1 N–H and O–H groups in total. The number of nitrogens with zero attached hydrogens (tertiary/aromatic N) is 1. The zero-order chi connectivity index (χ0) is 9.94. The zero-order valence-electron chi connectivity index (χ0n) is 8.63. The topological polar surface area (TPSA) is 44.0 Å². The molecular formula is C11H21NO. The van der Waals surface area contributed by atoms with Gasteiger partial charge in [-0.15, -0.1) is 0 Å². The van der Waals surface area contributed by atoms with Gasteiger partial charge in [-0.3, -0.25) is 0 Å². The molecule has 0 aromatic heterocycles. The molecule has 0 amide bonds. The summed E-state index contributed by atoms with van der Waals surface area (Å²) in [6, 6.07) is 2.15. The molecule has 0 radical (unpaired) electrons. The summed E-state index contributed by atoms with van der Waals surface area (Å²) < 4.78 is 0. The Bertz CT molecular complexity index is 140. The molecule has 13 heavy (non-hydrogen) atoms. The molecule has 1 unspecified atom stereocenters. The quantitative estimate of drug-likeness (QED) is 0.588. The second-order valence-electron chi connectivity index (χ2n) is 3.53. The van der Waals surface area contributed by atoms with Crippen molar-refractivity contribution in [3.05, 3.63) is 0 Å². The summed E-state index contributed by atoms with van der Waals surface area (Å²) in [7, 11) is 0. The fourth-order valence-electron chi connectivity index (χ4n) is 1.32. The van der Waals surface area contributed by atoms with Crippen molar-refractivity contribution >= 4 is 0 Å². The van der Waals surface area contributed by atoms with Gasteiger partial charge in [-0.1, -0.05) is 32.6 Å². The van der Waals surface area contributed by atoms with Crippen molar-refractivity contribution in [2.75, 3.05) is 0 Å². The molecule has 0 aromatic rings. The molecule has 2 heteroatoms. The minimum absolute atomic E-state index is 0.0980. The Morgan fingerprint density at radius 1 is 1.15 bits per heavy atom. The van der Waals surface area contributed by atoms with Crippen LogP contribution in [0.2, 0.25) is 0 Å². The SMILES string of the molecule is CCC(O)CCCCCCCC#N. The Morgan fingerprint density at radius 2 is 1.77 bits per heavy atom. The van der Waals surface area contributed by atoms with Gasteiger partial charge in [0.25, 0.3) is 0 Å². The Labute approximate surface area is 81.6 Å². The van der Waals surface area contributed by atoms with Crippen molar-refractivity contribution < 1.29 is 5.11 Å². The number of nitriles is 1. The van der Waals surface area contributed by atoms with E-state index in [2.05, 4.69) is 6.07 Å². The van der Waals surface area contributed by atoms with E-state index in [0.29, 0.717) is 6.42 Å². The van der Waals surface area contributed by atoms with Crippen molar-refractivity contribution in [3.8, 4) is 6.07 Å². The average molecular weight is 183 g/mol. The molecule has 0 fully saturated rings. The standard InChI is InChI=1S/C11H21NO/c1-2-11(13)9-7-5-3-4-6-8-10-12/h11,13H,2-9H2,1H3. The number of unbranched alkanes of at least 4 members (excludes halogenated alkanes) is 5. The molecule has 0 saturated heterocycles. The highest BCUT2D eigenvalue weighted by Gasteiger charge is 1.99. The van der Waals surface area contributed by atoms with Crippen molar-refractivity contribution in [1.82, 2.24) is 0 Å². The maximum Gasteiger partial charge on any atom is 0.0621 e. The molecule has 0 spiro atoms. The van der Waals surface area contributed by atoms with Crippen LogP contribution in [0.25, 0.3) is 0 Å². The second-order valence-corrected chi connectivity index (χ2v) is 3.53. The fraction of sp³-hybridized carbons (Fsp3) is 0.909. The van der Waals surface area contributed by atoms with Crippen LogP contribution in [0.1, 0.15) is 58.3 Å². The van der Waals surface area contributed by atoms with E-state index < -0.39 is 0 Å². The first-order chi connectivity index (χ1) is 6.31. The van der Waals surface area contributed by atoms with E-state index in [1.165, 1.54) is 12.8 Å². The molecule has 0 heterocycles. The van der Waals surface area contributed by atoms with Gasteiger partial charge < -0.3 is 5.11 Å². The predicted octanol–water partition coefficient (Wildman–Crippen LogP) is 3.01. The summed E-state index contributed by atoms with van der Waals surface area (Å²) in [5, 5.41) is 17.5. The Morgan fingerprint density at radius 3 is 2.38 bits per heavy atom. The van der Waals surface area contributed by atoms with Crippen molar-refractivity contribution in [2.45, 2.75) is 64.4 Å². The van der Waals surface area contributed by atoms with E-state index in [-0.39, 0.29) is 6.10 Å². The van der Waals surface area contributed by atoms with Crippen LogP contribution in [0.5, 0.6) is 0 Å². The summed E-state index contributed by atoms with van der Waals surface area (Å²) in [6.07, 6.45) is 8.13. The smallest absolute Gasteiger partial charge is 0.0621 e. The van der Waals surface area contributed by atoms with Gasteiger partial charge in [0.05, 0.1) is 12.2 Å². The Hall–Kier alpha value is -0.550. The molecule has 0 aliphatic rings. The summed E-state index contributed by atoms with van der Waals surface area (Å²) >= 11 is 0. The average Bonchev–Trinajstić information content (AvgIpc) is 2.16. The van der Waals surface area contributed by atoms with Crippen molar-refractivity contribution in [3.63, 3.8) is 0 Å². The van der Waals surface area contributed by atoms with Gasteiger partial charge in [-0.25, -0.2) is 0 Å². The van der Waals surface area contributed by atoms with Gasteiger partial charge in [0.1, 0.15) is 0 Å². The van der Waals surface area contributed by atoms with E-state index in [0.717, 1.165) is 32.1 Å². The molecular weight excluding hydrogens is 162 g/mol. The number of rotatable bonds is 8. The van der Waals surface area contributed by atoms with Crippen molar-refractivity contribution in [2.24, 2.45) is 0 Å². The molecule has 0 saturated carbocycles. The third-order valence-corrected chi connectivity index (χ3v) is 2.30. The molecule has 0 rings (SSSR count). The molecule has 1 atom stereocenters. The van der Waals surface area contributed by atoms with Gasteiger partial charge >= 0.3 is 0 Å². The number of aliphatic hydroxyl groups is 1. The monoisotopic (exact) mass is 183 g/mol. The van der Waals surface area contributed by atoms with Gasteiger partial charge in [-0.2, -0.15) is 5.26 Å². The lowest BCUT2D eigenvalue weighted by Crippen LogP contribution is -2.03. The maximum atomic E-state index is 9.26. The largest absolute Gasteiger partial charge is 0.393 e. The van der Waals surface area contributed by atoms with Crippen LogP contribution < -0.4 is 0 Å². The van der Waals surface area contributed by atoms with Crippen LogP contribution in [0, 0.1) is 11.3 Å². The highest BCUT2D eigenvalue weighted by molar-refractivity contribution is 4.67. The number of hydrogen-bond donors (Lipinski definition) is 1. The maximum absolute atomic E-state index is 9.26. The first-order valence-electron chi connectivity index (χ1n) is 5.36. The lowest BCUT2D eigenvalue weighted by atomic mass is 10.1. The lowest BCUT2D eigenvalue weighted by molar-refractivity contribution is 0.156. The van der Waals surface area contributed by atoms with E-state index in [1.807, 2.05) is 6.92 Å². The molecule has 0 bridgehead atoms. The number of aliphatic hydroxyl groups excluding tert-OH is 1. The first-order valence-corrected chi connectivity index (χ1v) is 5.36. The normalized spacial score (nSPS) is 12.4.